The average molecular weight is 519 g/mol. The lowest BCUT2D eigenvalue weighted by molar-refractivity contribution is -0.384. The van der Waals surface area contributed by atoms with Crippen LogP contribution >= 0.6 is 0 Å². The molecule has 0 aliphatic carbocycles. The fourth-order valence-electron chi connectivity index (χ4n) is 3.52. The Morgan fingerprint density at radius 2 is 1.66 bits per heavy atom. The maximum atomic E-state index is 11.6. The highest BCUT2D eigenvalue weighted by molar-refractivity contribution is 5.75. The monoisotopic (exact) mass is 518 g/mol. The summed E-state index contributed by atoms with van der Waals surface area (Å²) in [6.07, 6.45) is 0. The average Bonchev–Trinajstić information content (AvgIpc) is 3.22. The maximum absolute atomic E-state index is 11.6. The number of anilines is 2. The van der Waals surface area contributed by atoms with Gasteiger partial charge in [0.25, 0.3) is 5.69 Å². The van der Waals surface area contributed by atoms with Crippen LogP contribution in [-0.4, -0.2) is 55.2 Å². The van der Waals surface area contributed by atoms with E-state index in [2.05, 4.69) is 37.0 Å². The van der Waals surface area contributed by atoms with E-state index >= 15 is 0 Å². The van der Waals surface area contributed by atoms with Crippen LogP contribution < -0.4 is 10.6 Å². The van der Waals surface area contributed by atoms with Crippen molar-refractivity contribution in [2.75, 3.05) is 23.8 Å². The Morgan fingerprint density at radius 1 is 1.05 bits per heavy atom. The third-order valence-corrected chi connectivity index (χ3v) is 5.54. The number of nitrogens with zero attached hydrogens (tertiary/aromatic N) is 8. The molecule has 0 amide bonds. The standard InChI is InChI=1S/C24H26N10O4/c1-13(11-35)27-22-17(9-25)15(3)21(23(29-22)28-14(2)12-36)30-31-24-18(10-26)16(4)32-33(24)19-7-5-6-8-20(19)34(37)38/h5-8,13-14,35-36H,11-12H2,1-4H3,(H2,27,28,29). The first-order valence-corrected chi connectivity index (χ1v) is 11.5. The van der Waals surface area contributed by atoms with E-state index in [1.165, 1.54) is 22.9 Å². The highest BCUT2D eigenvalue weighted by Gasteiger charge is 2.24. The third-order valence-electron chi connectivity index (χ3n) is 5.54. The van der Waals surface area contributed by atoms with E-state index in [4.69, 9.17) is 0 Å². The first kappa shape index (κ1) is 27.7. The number of para-hydroxylation sites is 2. The number of aryl methyl sites for hydroxylation is 1. The lowest BCUT2D eigenvalue weighted by atomic mass is 10.1. The molecule has 0 spiro atoms. The van der Waals surface area contributed by atoms with E-state index < -0.39 is 17.0 Å². The number of benzene rings is 1. The number of rotatable bonds is 10. The number of aliphatic hydroxyl groups is 2. The molecule has 0 bridgehead atoms. The van der Waals surface area contributed by atoms with E-state index in [9.17, 15) is 30.9 Å². The smallest absolute Gasteiger partial charge is 0.294 e. The summed E-state index contributed by atoms with van der Waals surface area (Å²) >= 11 is 0. The first-order valence-electron chi connectivity index (χ1n) is 11.5. The second kappa shape index (κ2) is 11.9. The van der Waals surface area contributed by atoms with Gasteiger partial charge in [-0.1, -0.05) is 12.1 Å². The second-order valence-electron chi connectivity index (χ2n) is 8.48. The molecule has 0 aliphatic heterocycles. The lowest BCUT2D eigenvalue weighted by Crippen LogP contribution is -2.23. The summed E-state index contributed by atoms with van der Waals surface area (Å²) in [6.45, 7) is 6.20. The minimum absolute atomic E-state index is 0.0468. The van der Waals surface area contributed by atoms with Crippen LogP contribution in [0.2, 0.25) is 0 Å². The van der Waals surface area contributed by atoms with Crippen LogP contribution in [-0.2, 0) is 0 Å². The molecule has 2 aromatic heterocycles. The van der Waals surface area contributed by atoms with Crippen molar-refractivity contribution in [1.29, 1.82) is 10.5 Å². The summed E-state index contributed by atoms with van der Waals surface area (Å²) in [5.41, 5.74) is 0.898. The Bertz CT molecular complexity index is 1470. The van der Waals surface area contributed by atoms with Gasteiger partial charge in [0.2, 0.25) is 0 Å². The summed E-state index contributed by atoms with van der Waals surface area (Å²) in [7, 11) is 0. The summed E-state index contributed by atoms with van der Waals surface area (Å²) in [5.74, 6) is 0.345. The lowest BCUT2D eigenvalue weighted by Gasteiger charge is -2.19. The summed E-state index contributed by atoms with van der Waals surface area (Å²) in [5, 5.41) is 69.1. The van der Waals surface area contributed by atoms with Crippen LogP contribution in [0.3, 0.4) is 0 Å². The van der Waals surface area contributed by atoms with Crippen LogP contribution in [0, 0.1) is 46.6 Å². The predicted molar refractivity (Wildman–Crippen MR) is 138 cm³/mol. The highest BCUT2D eigenvalue weighted by atomic mass is 16.6. The van der Waals surface area contributed by atoms with E-state index in [1.807, 2.05) is 6.07 Å². The number of nitro groups is 1. The molecule has 2 unspecified atom stereocenters. The minimum Gasteiger partial charge on any atom is -0.394 e. The molecule has 3 aromatic rings. The van der Waals surface area contributed by atoms with Crippen molar-refractivity contribution in [2.45, 2.75) is 39.8 Å². The molecule has 3 rings (SSSR count). The van der Waals surface area contributed by atoms with Crippen molar-refractivity contribution in [2.24, 2.45) is 10.2 Å². The molecule has 0 fully saturated rings. The Balaban J connectivity index is 2.25. The number of azo groups is 1. The normalized spacial score (nSPS) is 12.5. The van der Waals surface area contributed by atoms with Crippen LogP contribution in [0.15, 0.2) is 34.5 Å². The Kier molecular flexibility index (Phi) is 8.65. The van der Waals surface area contributed by atoms with E-state index in [0.717, 1.165) is 0 Å². The van der Waals surface area contributed by atoms with Gasteiger partial charge in [-0.15, -0.1) is 10.2 Å². The van der Waals surface area contributed by atoms with Gasteiger partial charge in [-0.3, -0.25) is 10.1 Å². The Morgan fingerprint density at radius 3 is 2.24 bits per heavy atom. The van der Waals surface area contributed by atoms with Crippen molar-refractivity contribution in [3.8, 4) is 17.8 Å². The summed E-state index contributed by atoms with van der Waals surface area (Å²) in [4.78, 5) is 15.5. The number of nitrogens with one attached hydrogen (secondary N) is 2. The van der Waals surface area contributed by atoms with Gasteiger partial charge in [0.05, 0.1) is 29.4 Å². The second-order valence-corrected chi connectivity index (χ2v) is 8.48. The van der Waals surface area contributed by atoms with Crippen LogP contribution in [0.5, 0.6) is 0 Å². The van der Waals surface area contributed by atoms with Gasteiger partial charge in [0, 0.05) is 23.7 Å². The zero-order valence-electron chi connectivity index (χ0n) is 21.2. The van der Waals surface area contributed by atoms with Crippen LogP contribution in [0.25, 0.3) is 5.69 Å². The van der Waals surface area contributed by atoms with Gasteiger partial charge < -0.3 is 20.8 Å². The topological polar surface area (TPSA) is 211 Å². The zero-order valence-corrected chi connectivity index (χ0v) is 21.2. The number of nitro benzene ring substituents is 1. The maximum Gasteiger partial charge on any atom is 0.294 e. The minimum atomic E-state index is -0.565. The van der Waals surface area contributed by atoms with E-state index in [0.29, 0.717) is 5.56 Å². The van der Waals surface area contributed by atoms with Crippen LogP contribution in [0.4, 0.5) is 28.8 Å². The largest absolute Gasteiger partial charge is 0.394 e. The Labute approximate surface area is 218 Å². The molecule has 14 heteroatoms. The zero-order chi connectivity index (χ0) is 28.0. The molecule has 4 N–H and O–H groups in total. The van der Waals surface area contributed by atoms with E-state index in [-0.39, 0.29) is 64.6 Å². The summed E-state index contributed by atoms with van der Waals surface area (Å²) < 4.78 is 1.17. The molecule has 38 heavy (non-hydrogen) atoms. The molecule has 0 radical (unpaired) electrons. The van der Waals surface area contributed by atoms with Crippen molar-refractivity contribution in [3.63, 3.8) is 0 Å². The molecule has 2 atom stereocenters. The molecule has 14 nitrogen and oxygen atoms in total. The molecule has 0 saturated carbocycles. The number of nitriles is 2. The van der Waals surface area contributed by atoms with Crippen LogP contribution in [0.1, 0.15) is 36.2 Å². The number of aromatic nitrogens is 3. The predicted octanol–water partition coefficient (Wildman–Crippen LogP) is 3.54. The molecular formula is C24H26N10O4. The summed E-state index contributed by atoms with van der Waals surface area (Å²) in [6, 6.07) is 9.14. The van der Waals surface area contributed by atoms with Gasteiger partial charge in [-0.25, -0.2) is 9.67 Å². The van der Waals surface area contributed by atoms with Gasteiger partial charge in [0.1, 0.15) is 34.9 Å². The molecular weight excluding hydrogens is 492 g/mol. The van der Waals surface area contributed by atoms with Crippen molar-refractivity contribution in [3.05, 3.63) is 56.8 Å². The molecule has 0 saturated heterocycles. The van der Waals surface area contributed by atoms with Gasteiger partial charge in [-0.2, -0.15) is 15.6 Å². The van der Waals surface area contributed by atoms with Crippen molar-refractivity contribution < 1.29 is 15.1 Å². The number of aliphatic hydroxyl groups excluding tert-OH is 2. The highest BCUT2D eigenvalue weighted by Crippen LogP contribution is 2.37. The van der Waals surface area contributed by atoms with Crippen molar-refractivity contribution in [1.82, 2.24) is 14.8 Å². The molecule has 1 aromatic carbocycles. The van der Waals surface area contributed by atoms with Gasteiger partial charge >= 0.3 is 0 Å². The Hall–Kier alpha value is -4.92. The molecule has 196 valence electrons. The van der Waals surface area contributed by atoms with Crippen molar-refractivity contribution >= 4 is 28.8 Å². The first-order chi connectivity index (χ1) is 18.2. The fourth-order valence-corrected chi connectivity index (χ4v) is 3.52. The van der Waals surface area contributed by atoms with E-state index in [1.54, 1.807) is 33.8 Å². The molecule has 2 heterocycles. The number of hydrogen-bond donors (Lipinski definition) is 4. The quantitative estimate of drug-likeness (QED) is 0.174. The SMILES string of the molecule is Cc1nn(-c2ccccc2[N+](=O)[O-])c(N=Nc2c(NC(C)CO)nc(NC(C)CO)c(C#N)c2C)c1C#N. The molecule has 0 aliphatic rings. The van der Waals surface area contributed by atoms with Gasteiger partial charge in [-0.05, 0) is 33.8 Å². The number of pyridine rings is 1. The third kappa shape index (κ3) is 5.57. The van der Waals surface area contributed by atoms with Gasteiger partial charge in [0.15, 0.2) is 11.6 Å². The fraction of sp³-hybridized carbons (Fsp3) is 0.333. The number of hydrogen-bond acceptors (Lipinski definition) is 12.